The first-order valence-electron chi connectivity index (χ1n) is 6.56. The number of halogens is 1. The van der Waals surface area contributed by atoms with E-state index in [-0.39, 0.29) is 18.1 Å². The van der Waals surface area contributed by atoms with Gasteiger partial charge in [0.15, 0.2) is 0 Å². The van der Waals surface area contributed by atoms with E-state index in [1.165, 1.54) is 0 Å². The van der Waals surface area contributed by atoms with Crippen LogP contribution in [0.3, 0.4) is 0 Å². The highest BCUT2D eigenvalue weighted by Gasteiger charge is 2.22. The number of carbonyl (C=O) groups excluding carboxylic acids is 1. The first-order chi connectivity index (χ1) is 9.06. The van der Waals surface area contributed by atoms with Crippen LogP contribution in [0.25, 0.3) is 0 Å². The van der Waals surface area contributed by atoms with Gasteiger partial charge in [-0.3, -0.25) is 4.79 Å². The monoisotopic (exact) mass is 282 g/mol. The molecule has 1 aliphatic rings. The van der Waals surface area contributed by atoms with Crippen LogP contribution in [-0.2, 0) is 4.79 Å². The molecule has 1 amide bonds. The summed E-state index contributed by atoms with van der Waals surface area (Å²) in [6.45, 7) is 4.79. The molecule has 19 heavy (non-hydrogen) atoms. The molecule has 1 fully saturated rings. The number of anilines is 1. The molecule has 5 heteroatoms. The molecule has 1 aromatic carbocycles. The number of rotatable bonds is 4. The molecule has 0 aromatic heterocycles. The number of amides is 1. The van der Waals surface area contributed by atoms with Gasteiger partial charge in [-0.1, -0.05) is 11.6 Å². The number of nitrogens with one attached hydrogen (secondary N) is 2. The Morgan fingerprint density at radius 3 is 2.89 bits per heavy atom. The fourth-order valence-corrected chi connectivity index (χ4v) is 2.29. The molecular weight excluding hydrogens is 264 g/mol. The van der Waals surface area contributed by atoms with Gasteiger partial charge in [-0.25, -0.2) is 0 Å². The van der Waals surface area contributed by atoms with Crippen LogP contribution in [0.1, 0.15) is 26.7 Å². The maximum Gasteiger partial charge on any atom is 0.241 e. The number of hydrogen-bond donors (Lipinski definition) is 2. The third kappa shape index (κ3) is 3.85. The van der Waals surface area contributed by atoms with Crippen molar-refractivity contribution in [2.45, 2.75) is 38.8 Å². The summed E-state index contributed by atoms with van der Waals surface area (Å²) in [5.74, 6) is 0.625. The zero-order valence-electron chi connectivity index (χ0n) is 11.2. The lowest BCUT2D eigenvalue weighted by Crippen LogP contribution is -2.35. The van der Waals surface area contributed by atoms with Crippen molar-refractivity contribution in [2.75, 3.05) is 11.9 Å². The van der Waals surface area contributed by atoms with Crippen LogP contribution < -0.4 is 15.4 Å². The minimum absolute atomic E-state index is 0.00825. The maximum absolute atomic E-state index is 11.9. The molecule has 0 unspecified atom stereocenters. The average molecular weight is 283 g/mol. The lowest BCUT2D eigenvalue weighted by Gasteiger charge is -2.14. The first kappa shape index (κ1) is 14.2. The Hall–Kier alpha value is -1.26. The summed E-state index contributed by atoms with van der Waals surface area (Å²) in [5, 5.41) is 6.53. The summed E-state index contributed by atoms with van der Waals surface area (Å²) in [5.41, 5.74) is 0.694. The molecule has 0 bridgehead atoms. The highest BCUT2D eigenvalue weighted by atomic mass is 35.5. The van der Waals surface area contributed by atoms with Gasteiger partial charge in [-0.05, 0) is 51.4 Å². The first-order valence-corrected chi connectivity index (χ1v) is 6.94. The van der Waals surface area contributed by atoms with Crippen molar-refractivity contribution in [1.29, 1.82) is 0 Å². The van der Waals surface area contributed by atoms with Crippen molar-refractivity contribution in [3.05, 3.63) is 23.2 Å². The van der Waals surface area contributed by atoms with E-state index < -0.39 is 0 Å². The highest BCUT2D eigenvalue weighted by Crippen LogP contribution is 2.28. The van der Waals surface area contributed by atoms with Crippen molar-refractivity contribution in [3.8, 4) is 5.75 Å². The Morgan fingerprint density at radius 2 is 2.32 bits per heavy atom. The highest BCUT2D eigenvalue weighted by molar-refractivity contribution is 6.32. The van der Waals surface area contributed by atoms with Crippen LogP contribution in [0, 0.1) is 0 Å². The van der Waals surface area contributed by atoms with Crippen molar-refractivity contribution in [3.63, 3.8) is 0 Å². The SMILES string of the molecule is CC(C)Oc1ccc(NC(=O)[C@@H]2CCCN2)cc1Cl. The maximum atomic E-state index is 11.9. The predicted molar refractivity (Wildman–Crippen MR) is 76.9 cm³/mol. The smallest absolute Gasteiger partial charge is 0.241 e. The Labute approximate surface area is 118 Å². The van der Waals surface area contributed by atoms with Crippen LogP contribution in [0.4, 0.5) is 5.69 Å². The minimum Gasteiger partial charge on any atom is -0.489 e. The summed E-state index contributed by atoms with van der Waals surface area (Å²) in [7, 11) is 0. The zero-order chi connectivity index (χ0) is 13.8. The van der Waals surface area contributed by atoms with Gasteiger partial charge in [0.05, 0.1) is 17.2 Å². The van der Waals surface area contributed by atoms with Gasteiger partial charge in [0, 0.05) is 5.69 Å². The van der Waals surface area contributed by atoms with Gasteiger partial charge in [-0.15, -0.1) is 0 Å². The fourth-order valence-electron chi connectivity index (χ4n) is 2.07. The molecule has 0 spiro atoms. The van der Waals surface area contributed by atoms with Crippen LogP contribution >= 0.6 is 11.6 Å². The zero-order valence-corrected chi connectivity index (χ0v) is 12.0. The fraction of sp³-hybridized carbons (Fsp3) is 0.500. The van der Waals surface area contributed by atoms with E-state index in [0.29, 0.717) is 16.5 Å². The summed E-state index contributed by atoms with van der Waals surface area (Å²) in [6.07, 6.45) is 1.99. The Kier molecular flexibility index (Phi) is 4.66. The van der Waals surface area contributed by atoms with E-state index in [0.717, 1.165) is 19.4 Å². The molecule has 1 heterocycles. The van der Waals surface area contributed by atoms with E-state index in [9.17, 15) is 4.79 Å². The second kappa shape index (κ2) is 6.26. The van der Waals surface area contributed by atoms with Gasteiger partial charge in [-0.2, -0.15) is 0 Å². The van der Waals surface area contributed by atoms with Gasteiger partial charge < -0.3 is 15.4 Å². The molecule has 4 nitrogen and oxygen atoms in total. The molecule has 1 saturated heterocycles. The summed E-state index contributed by atoms with van der Waals surface area (Å²) < 4.78 is 5.55. The summed E-state index contributed by atoms with van der Waals surface area (Å²) in [6, 6.07) is 5.20. The molecule has 1 aromatic rings. The van der Waals surface area contributed by atoms with Crippen molar-refractivity contribution in [1.82, 2.24) is 5.32 Å². The topological polar surface area (TPSA) is 50.4 Å². The van der Waals surface area contributed by atoms with Crippen molar-refractivity contribution in [2.24, 2.45) is 0 Å². The Morgan fingerprint density at radius 1 is 1.53 bits per heavy atom. The molecule has 0 aliphatic carbocycles. The van der Waals surface area contributed by atoms with E-state index in [4.69, 9.17) is 16.3 Å². The van der Waals surface area contributed by atoms with E-state index in [1.807, 2.05) is 13.8 Å². The molecule has 0 radical (unpaired) electrons. The minimum atomic E-state index is -0.0923. The van der Waals surface area contributed by atoms with Crippen molar-refractivity contribution < 1.29 is 9.53 Å². The molecule has 1 atom stereocenters. The average Bonchev–Trinajstić information content (AvgIpc) is 2.86. The third-order valence-electron chi connectivity index (χ3n) is 2.94. The lowest BCUT2D eigenvalue weighted by molar-refractivity contribution is -0.117. The van der Waals surface area contributed by atoms with E-state index in [2.05, 4.69) is 10.6 Å². The lowest BCUT2D eigenvalue weighted by atomic mass is 10.2. The number of benzene rings is 1. The second-order valence-electron chi connectivity index (χ2n) is 4.95. The predicted octanol–water partition coefficient (Wildman–Crippen LogP) is 2.82. The van der Waals surface area contributed by atoms with Gasteiger partial charge in [0.2, 0.25) is 5.91 Å². The van der Waals surface area contributed by atoms with E-state index in [1.54, 1.807) is 18.2 Å². The third-order valence-corrected chi connectivity index (χ3v) is 3.23. The molecule has 0 saturated carbocycles. The largest absolute Gasteiger partial charge is 0.489 e. The standard InChI is InChI=1S/C14H19ClN2O2/c1-9(2)19-13-6-5-10(8-11(13)15)17-14(18)12-4-3-7-16-12/h5-6,8-9,12,16H,3-4,7H2,1-2H3,(H,17,18)/t12-/m0/s1. The number of ether oxygens (including phenoxy) is 1. The quantitative estimate of drug-likeness (QED) is 0.893. The van der Waals surface area contributed by atoms with Crippen LogP contribution in [0.15, 0.2) is 18.2 Å². The molecule has 1 aliphatic heterocycles. The van der Waals surface area contributed by atoms with Crippen LogP contribution in [-0.4, -0.2) is 24.6 Å². The Balaban J connectivity index is 2.01. The van der Waals surface area contributed by atoms with Gasteiger partial charge in [0.25, 0.3) is 0 Å². The summed E-state index contributed by atoms with van der Waals surface area (Å²) >= 11 is 6.12. The molecule has 2 rings (SSSR count). The van der Waals surface area contributed by atoms with Crippen LogP contribution in [0.2, 0.25) is 5.02 Å². The summed E-state index contributed by atoms with van der Waals surface area (Å²) in [4.78, 5) is 11.9. The number of carbonyl (C=O) groups is 1. The molecule has 104 valence electrons. The number of hydrogen-bond acceptors (Lipinski definition) is 3. The molecule has 2 N–H and O–H groups in total. The molecular formula is C14H19ClN2O2. The van der Waals surface area contributed by atoms with Gasteiger partial charge >= 0.3 is 0 Å². The van der Waals surface area contributed by atoms with E-state index >= 15 is 0 Å². The van der Waals surface area contributed by atoms with Crippen LogP contribution in [0.5, 0.6) is 5.75 Å². The van der Waals surface area contributed by atoms with Crippen molar-refractivity contribution >= 4 is 23.2 Å². The van der Waals surface area contributed by atoms with Gasteiger partial charge in [0.1, 0.15) is 5.75 Å². The Bertz CT molecular complexity index is 457. The normalized spacial score (nSPS) is 18.6. The second-order valence-corrected chi connectivity index (χ2v) is 5.36.